The largest absolute Gasteiger partial charge is 0.398 e. The Labute approximate surface area is 115 Å². The minimum Gasteiger partial charge on any atom is -0.398 e. The minimum atomic E-state index is -0.148. The SMILES string of the molecule is Nc1cccc2c1CCN(C1CCCCCC1O)C2. The van der Waals surface area contributed by atoms with E-state index in [4.69, 9.17) is 5.73 Å². The van der Waals surface area contributed by atoms with Crippen LogP contribution in [-0.4, -0.2) is 28.7 Å². The van der Waals surface area contributed by atoms with Gasteiger partial charge >= 0.3 is 0 Å². The second-order valence-corrected chi connectivity index (χ2v) is 5.98. The van der Waals surface area contributed by atoms with Crippen LogP contribution in [0.2, 0.25) is 0 Å². The predicted molar refractivity (Wildman–Crippen MR) is 77.8 cm³/mol. The van der Waals surface area contributed by atoms with Crippen molar-refractivity contribution in [2.24, 2.45) is 0 Å². The Morgan fingerprint density at radius 1 is 1.16 bits per heavy atom. The summed E-state index contributed by atoms with van der Waals surface area (Å²) in [5.41, 5.74) is 9.65. The highest BCUT2D eigenvalue weighted by molar-refractivity contribution is 5.51. The molecule has 0 amide bonds. The van der Waals surface area contributed by atoms with Crippen molar-refractivity contribution >= 4 is 5.69 Å². The van der Waals surface area contributed by atoms with Crippen molar-refractivity contribution < 1.29 is 5.11 Å². The van der Waals surface area contributed by atoms with Crippen molar-refractivity contribution in [2.45, 2.75) is 57.2 Å². The van der Waals surface area contributed by atoms with E-state index in [-0.39, 0.29) is 6.10 Å². The maximum absolute atomic E-state index is 10.3. The van der Waals surface area contributed by atoms with E-state index in [1.807, 2.05) is 12.1 Å². The molecule has 0 radical (unpaired) electrons. The third-order valence-electron chi connectivity index (χ3n) is 4.74. The van der Waals surface area contributed by atoms with Crippen LogP contribution in [0.15, 0.2) is 18.2 Å². The number of anilines is 1. The number of rotatable bonds is 1. The molecule has 0 spiro atoms. The molecule has 3 rings (SSSR count). The molecule has 3 N–H and O–H groups in total. The van der Waals surface area contributed by atoms with Gasteiger partial charge in [0.25, 0.3) is 0 Å². The average Bonchev–Trinajstić information content (AvgIpc) is 2.63. The van der Waals surface area contributed by atoms with E-state index < -0.39 is 0 Å². The molecule has 1 aliphatic heterocycles. The number of nitrogen functional groups attached to an aromatic ring is 1. The van der Waals surface area contributed by atoms with E-state index in [9.17, 15) is 5.11 Å². The van der Waals surface area contributed by atoms with E-state index in [2.05, 4.69) is 11.0 Å². The molecule has 1 aromatic carbocycles. The molecule has 2 unspecified atom stereocenters. The highest BCUT2D eigenvalue weighted by atomic mass is 16.3. The van der Waals surface area contributed by atoms with Gasteiger partial charge in [0.2, 0.25) is 0 Å². The summed E-state index contributed by atoms with van der Waals surface area (Å²) >= 11 is 0. The predicted octanol–water partition coefficient (Wildman–Crippen LogP) is 2.32. The van der Waals surface area contributed by atoms with Gasteiger partial charge in [0.15, 0.2) is 0 Å². The third-order valence-corrected chi connectivity index (χ3v) is 4.74. The summed E-state index contributed by atoms with van der Waals surface area (Å²) in [4.78, 5) is 2.47. The van der Waals surface area contributed by atoms with Crippen LogP contribution >= 0.6 is 0 Å². The fourth-order valence-electron chi connectivity index (χ4n) is 3.64. The summed E-state index contributed by atoms with van der Waals surface area (Å²) in [5.74, 6) is 0. The van der Waals surface area contributed by atoms with Crippen molar-refractivity contribution in [3.8, 4) is 0 Å². The van der Waals surface area contributed by atoms with Crippen molar-refractivity contribution in [1.82, 2.24) is 4.90 Å². The van der Waals surface area contributed by atoms with Crippen molar-refractivity contribution in [3.05, 3.63) is 29.3 Å². The number of hydrogen-bond donors (Lipinski definition) is 2. The zero-order valence-electron chi connectivity index (χ0n) is 11.5. The Hall–Kier alpha value is -1.06. The third kappa shape index (κ3) is 2.63. The number of aliphatic hydroxyl groups is 1. The second kappa shape index (κ2) is 5.51. The van der Waals surface area contributed by atoms with Crippen LogP contribution in [0, 0.1) is 0 Å². The maximum atomic E-state index is 10.3. The lowest BCUT2D eigenvalue weighted by Gasteiger charge is -2.37. The lowest BCUT2D eigenvalue weighted by atomic mass is 9.94. The molecule has 0 bridgehead atoms. The topological polar surface area (TPSA) is 49.5 Å². The average molecular weight is 260 g/mol. The summed E-state index contributed by atoms with van der Waals surface area (Å²) in [5, 5.41) is 10.3. The molecule has 1 saturated carbocycles. The maximum Gasteiger partial charge on any atom is 0.0695 e. The first-order valence-electron chi connectivity index (χ1n) is 7.54. The summed E-state index contributed by atoms with van der Waals surface area (Å²) in [6.07, 6.45) is 6.67. The van der Waals surface area contributed by atoms with Crippen molar-refractivity contribution in [2.75, 3.05) is 12.3 Å². The number of hydrogen-bond acceptors (Lipinski definition) is 3. The van der Waals surface area contributed by atoms with Gasteiger partial charge in [-0.3, -0.25) is 4.90 Å². The number of fused-ring (bicyclic) bond motifs is 1. The normalized spacial score (nSPS) is 28.7. The van der Waals surface area contributed by atoms with E-state index in [1.54, 1.807) is 0 Å². The first-order valence-corrected chi connectivity index (χ1v) is 7.54. The molecular weight excluding hydrogens is 236 g/mol. The van der Waals surface area contributed by atoms with E-state index in [0.29, 0.717) is 6.04 Å². The van der Waals surface area contributed by atoms with Gasteiger partial charge in [-0.25, -0.2) is 0 Å². The Bertz CT molecular complexity index is 446. The molecular formula is C16H24N2O. The Morgan fingerprint density at radius 2 is 2.00 bits per heavy atom. The highest BCUT2D eigenvalue weighted by Crippen LogP contribution is 2.29. The van der Waals surface area contributed by atoms with Gasteiger partial charge in [-0.1, -0.05) is 31.4 Å². The number of nitrogens with two attached hydrogens (primary N) is 1. The smallest absolute Gasteiger partial charge is 0.0695 e. The number of benzene rings is 1. The molecule has 0 aromatic heterocycles. The lowest BCUT2D eigenvalue weighted by Crippen LogP contribution is -2.45. The highest BCUT2D eigenvalue weighted by Gasteiger charge is 2.30. The second-order valence-electron chi connectivity index (χ2n) is 5.98. The van der Waals surface area contributed by atoms with Crippen LogP contribution in [0.25, 0.3) is 0 Å². The summed E-state index contributed by atoms with van der Waals surface area (Å²) in [6, 6.07) is 6.56. The lowest BCUT2D eigenvalue weighted by molar-refractivity contribution is 0.0367. The number of nitrogens with zero attached hydrogens (tertiary/aromatic N) is 1. The molecule has 0 saturated heterocycles. The van der Waals surface area contributed by atoms with Gasteiger partial charge in [0, 0.05) is 24.8 Å². The first kappa shape index (κ1) is 12.9. The summed E-state index contributed by atoms with van der Waals surface area (Å²) in [6.45, 7) is 1.98. The number of aliphatic hydroxyl groups excluding tert-OH is 1. The molecule has 3 nitrogen and oxygen atoms in total. The van der Waals surface area contributed by atoms with E-state index >= 15 is 0 Å². The molecule has 1 fully saturated rings. The van der Waals surface area contributed by atoms with Crippen molar-refractivity contribution in [3.63, 3.8) is 0 Å². The zero-order valence-corrected chi connectivity index (χ0v) is 11.5. The van der Waals surface area contributed by atoms with Crippen LogP contribution in [0.1, 0.15) is 43.2 Å². The van der Waals surface area contributed by atoms with Crippen molar-refractivity contribution in [1.29, 1.82) is 0 Å². The zero-order chi connectivity index (χ0) is 13.2. The Morgan fingerprint density at radius 3 is 2.89 bits per heavy atom. The van der Waals surface area contributed by atoms with Crippen LogP contribution in [0.3, 0.4) is 0 Å². The van der Waals surface area contributed by atoms with Crippen LogP contribution in [0.4, 0.5) is 5.69 Å². The van der Waals surface area contributed by atoms with E-state index in [0.717, 1.165) is 38.0 Å². The standard InChI is InChI=1S/C16H24N2O/c17-14-6-4-5-12-11-18(10-9-13(12)14)15-7-2-1-3-8-16(15)19/h4-6,15-16,19H,1-3,7-11,17H2. The molecule has 1 aromatic rings. The Balaban J connectivity index is 1.77. The van der Waals surface area contributed by atoms with Gasteiger partial charge < -0.3 is 10.8 Å². The molecule has 2 atom stereocenters. The van der Waals surface area contributed by atoms with Gasteiger partial charge in [-0.15, -0.1) is 0 Å². The quantitative estimate of drug-likeness (QED) is 0.602. The van der Waals surface area contributed by atoms with Crippen LogP contribution in [-0.2, 0) is 13.0 Å². The first-order chi connectivity index (χ1) is 9.25. The van der Waals surface area contributed by atoms with Crippen LogP contribution in [0.5, 0.6) is 0 Å². The molecule has 104 valence electrons. The van der Waals surface area contributed by atoms with Crippen LogP contribution < -0.4 is 5.73 Å². The van der Waals surface area contributed by atoms with Gasteiger partial charge in [0.05, 0.1) is 6.10 Å². The van der Waals surface area contributed by atoms with E-state index in [1.165, 1.54) is 30.4 Å². The Kier molecular flexibility index (Phi) is 3.76. The molecule has 2 aliphatic rings. The summed E-state index contributed by atoms with van der Waals surface area (Å²) in [7, 11) is 0. The molecule has 19 heavy (non-hydrogen) atoms. The van der Waals surface area contributed by atoms with Gasteiger partial charge in [0.1, 0.15) is 0 Å². The summed E-state index contributed by atoms with van der Waals surface area (Å²) < 4.78 is 0. The minimum absolute atomic E-state index is 0.148. The monoisotopic (exact) mass is 260 g/mol. The molecule has 1 aliphatic carbocycles. The molecule has 1 heterocycles. The fraction of sp³-hybridized carbons (Fsp3) is 0.625. The fourth-order valence-corrected chi connectivity index (χ4v) is 3.64. The van der Waals surface area contributed by atoms with Gasteiger partial charge in [-0.2, -0.15) is 0 Å². The van der Waals surface area contributed by atoms with Gasteiger partial charge in [-0.05, 0) is 36.5 Å². The molecule has 3 heteroatoms.